The van der Waals surface area contributed by atoms with Crippen LogP contribution in [-0.4, -0.2) is 57.7 Å². The first-order chi connectivity index (χ1) is 18.1. The molecule has 1 fully saturated rings. The first kappa shape index (κ1) is 22.7. The molecule has 4 aromatic rings. The third kappa shape index (κ3) is 4.04. The number of hydrazine groups is 2. The van der Waals surface area contributed by atoms with Gasteiger partial charge < -0.3 is 20.2 Å². The third-order valence-electron chi connectivity index (χ3n) is 6.54. The average Bonchev–Trinajstić information content (AvgIpc) is 3.65. The largest absolute Gasteiger partial charge is 0.357 e. The highest BCUT2D eigenvalue weighted by Gasteiger charge is 2.31. The van der Waals surface area contributed by atoms with E-state index < -0.39 is 17.5 Å². The van der Waals surface area contributed by atoms with E-state index in [9.17, 15) is 14.0 Å². The first-order valence-corrected chi connectivity index (χ1v) is 11.8. The quantitative estimate of drug-likeness (QED) is 0.285. The highest BCUT2D eigenvalue weighted by atomic mass is 19.1. The Hall–Kier alpha value is -4.77. The van der Waals surface area contributed by atoms with Crippen molar-refractivity contribution in [3.63, 3.8) is 0 Å². The first-order valence-electron chi connectivity index (χ1n) is 11.8. The number of H-pyrrole nitrogens is 1. The van der Waals surface area contributed by atoms with E-state index in [1.807, 2.05) is 42.5 Å². The Kier molecular flexibility index (Phi) is 5.73. The molecule has 37 heavy (non-hydrogen) atoms. The molecule has 3 N–H and O–H groups in total. The predicted octanol–water partition coefficient (Wildman–Crippen LogP) is 2.60. The molecule has 1 aromatic carbocycles. The summed E-state index contributed by atoms with van der Waals surface area (Å²) in [6.45, 7) is 1.74. The zero-order chi connectivity index (χ0) is 25.4. The van der Waals surface area contributed by atoms with Crippen molar-refractivity contribution in [2.75, 3.05) is 36.1 Å². The summed E-state index contributed by atoms with van der Waals surface area (Å²) < 4.78 is 14.8. The van der Waals surface area contributed by atoms with Crippen LogP contribution in [0.4, 0.5) is 16.0 Å². The zero-order valence-corrected chi connectivity index (χ0v) is 19.7. The number of benzene rings is 1. The number of hydrogen-bond acceptors (Lipinski definition) is 8. The van der Waals surface area contributed by atoms with Crippen molar-refractivity contribution in [2.45, 2.75) is 0 Å². The van der Waals surface area contributed by atoms with Gasteiger partial charge in [0.25, 0.3) is 11.7 Å². The molecule has 11 heteroatoms. The van der Waals surface area contributed by atoms with E-state index in [4.69, 9.17) is 0 Å². The molecule has 0 spiro atoms. The molecule has 0 radical (unpaired) electrons. The summed E-state index contributed by atoms with van der Waals surface area (Å²) in [6, 6.07) is 13.9. The number of hydrogen-bond donors (Lipinski definition) is 3. The monoisotopic (exact) mass is 498 g/mol. The van der Waals surface area contributed by atoms with Crippen molar-refractivity contribution in [1.29, 1.82) is 0 Å². The van der Waals surface area contributed by atoms with E-state index in [0.29, 0.717) is 37.5 Å². The molecule has 1 saturated heterocycles. The SMILES string of the molecule is O=C(C(=O)N1CCN(c2ncccc2-c2ccccc2)CC1)c1c[nH]c2c(N3C=CNN3)ncc(F)c12. The number of nitrogens with zero attached hydrogens (tertiary/aromatic N) is 5. The number of rotatable bonds is 5. The minimum absolute atomic E-state index is 0.0178. The number of fused-ring (bicyclic) bond motifs is 1. The molecule has 0 unspecified atom stereocenters. The van der Waals surface area contributed by atoms with Crippen LogP contribution >= 0.6 is 0 Å². The second kappa shape index (κ2) is 9.36. The Balaban J connectivity index is 1.20. The van der Waals surface area contributed by atoms with Crippen LogP contribution in [0.15, 0.2) is 73.5 Å². The topological polar surface area (TPSA) is 109 Å². The highest BCUT2D eigenvalue weighted by molar-refractivity contribution is 6.45. The number of aromatic nitrogens is 3. The second-order valence-electron chi connectivity index (χ2n) is 8.67. The molecular formula is C26H23FN8O2. The molecule has 10 nitrogen and oxygen atoms in total. The number of anilines is 2. The molecule has 0 atom stereocenters. The fourth-order valence-corrected chi connectivity index (χ4v) is 4.71. The summed E-state index contributed by atoms with van der Waals surface area (Å²) in [5, 5.41) is 1.57. The number of pyridine rings is 2. The molecule has 2 aliphatic rings. The summed E-state index contributed by atoms with van der Waals surface area (Å²) in [7, 11) is 0. The molecule has 3 aromatic heterocycles. The lowest BCUT2D eigenvalue weighted by atomic mass is 10.1. The van der Waals surface area contributed by atoms with Crippen LogP contribution in [0.1, 0.15) is 10.4 Å². The van der Waals surface area contributed by atoms with Gasteiger partial charge in [0.05, 0.1) is 22.7 Å². The number of aromatic amines is 1. The van der Waals surface area contributed by atoms with E-state index in [1.54, 1.807) is 18.6 Å². The number of amides is 1. The van der Waals surface area contributed by atoms with Crippen LogP contribution in [-0.2, 0) is 4.79 Å². The van der Waals surface area contributed by atoms with Gasteiger partial charge in [-0.15, -0.1) is 5.53 Å². The average molecular weight is 499 g/mol. The maximum absolute atomic E-state index is 14.8. The third-order valence-corrected chi connectivity index (χ3v) is 6.54. The number of carbonyl (C=O) groups excluding carboxylic acids is 2. The molecular weight excluding hydrogens is 475 g/mol. The van der Waals surface area contributed by atoms with Crippen LogP contribution < -0.4 is 20.9 Å². The summed E-state index contributed by atoms with van der Waals surface area (Å²) in [4.78, 5) is 41.6. The van der Waals surface area contributed by atoms with Gasteiger partial charge in [-0.3, -0.25) is 9.59 Å². The van der Waals surface area contributed by atoms with E-state index in [2.05, 4.69) is 30.8 Å². The summed E-state index contributed by atoms with van der Waals surface area (Å²) in [5.74, 6) is -0.905. The fourth-order valence-electron chi connectivity index (χ4n) is 4.71. The molecule has 2 aliphatic heterocycles. The second-order valence-corrected chi connectivity index (χ2v) is 8.67. The number of piperazine rings is 1. The van der Waals surface area contributed by atoms with Gasteiger partial charge in [-0.1, -0.05) is 30.3 Å². The van der Waals surface area contributed by atoms with Crippen LogP contribution in [0.25, 0.3) is 22.0 Å². The molecule has 6 rings (SSSR count). The maximum Gasteiger partial charge on any atom is 0.295 e. The summed E-state index contributed by atoms with van der Waals surface area (Å²) in [5.41, 5.74) is 7.97. The molecule has 0 aliphatic carbocycles. The lowest BCUT2D eigenvalue weighted by molar-refractivity contribution is -0.126. The maximum atomic E-state index is 14.8. The van der Waals surface area contributed by atoms with Crippen molar-refractivity contribution in [2.24, 2.45) is 0 Å². The molecule has 5 heterocycles. The van der Waals surface area contributed by atoms with Crippen LogP contribution in [0.5, 0.6) is 0 Å². The van der Waals surface area contributed by atoms with Crippen molar-refractivity contribution >= 4 is 34.2 Å². The van der Waals surface area contributed by atoms with Crippen molar-refractivity contribution in [3.8, 4) is 11.1 Å². The predicted molar refractivity (Wildman–Crippen MR) is 137 cm³/mol. The number of Topliss-reactive ketones (excluding diaryl/α,β-unsaturated/α-hetero) is 1. The molecule has 0 saturated carbocycles. The smallest absolute Gasteiger partial charge is 0.295 e. The number of carbonyl (C=O) groups is 2. The van der Waals surface area contributed by atoms with Crippen molar-refractivity contribution in [3.05, 3.63) is 84.8 Å². The van der Waals surface area contributed by atoms with Gasteiger partial charge in [0.1, 0.15) is 5.82 Å². The Morgan fingerprint density at radius 2 is 1.76 bits per heavy atom. The summed E-state index contributed by atoms with van der Waals surface area (Å²) >= 11 is 0. The number of nitrogens with one attached hydrogen (secondary N) is 3. The number of ketones is 1. The van der Waals surface area contributed by atoms with Crippen LogP contribution in [0.2, 0.25) is 0 Å². The number of halogens is 1. The Bertz CT molecular complexity index is 1510. The Morgan fingerprint density at radius 1 is 0.946 bits per heavy atom. The Labute approximate surface area is 211 Å². The fraction of sp³-hybridized carbons (Fsp3) is 0.154. The van der Waals surface area contributed by atoms with Crippen LogP contribution in [0.3, 0.4) is 0 Å². The van der Waals surface area contributed by atoms with E-state index in [0.717, 1.165) is 23.1 Å². The minimum atomic E-state index is -0.762. The van der Waals surface area contributed by atoms with E-state index >= 15 is 0 Å². The van der Waals surface area contributed by atoms with Gasteiger partial charge in [-0.2, -0.15) is 0 Å². The standard InChI is InChI=1S/C26H23FN8O2/c27-20-16-30-25(35-10-9-31-32-35)22-21(20)19(15-29-22)23(36)26(37)34-13-11-33(12-14-34)24-18(7-4-8-28-24)17-5-2-1-3-6-17/h1-10,15-16,29,31-32H,11-14H2. The highest BCUT2D eigenvalue weighted by Crippen LogP contribution is 2.31. The lowest BCUT2D eigenvalue weighted by Crippen LogP contribution is -2.51. The zero-order valence-electron chi connectivity index (χ0n) is 19.7. The Morgan fingerprint density at radius 3 is 2.51 bits per heavy atom. The van der Waals surface area contributed by atoms with E-state index in [1.165, 1.54) is 16.1 Å². The molecule has 1 amide bonds. The van der Waals surface area contributed by atoms with Gasteiger partial charge in [-0.05, 0) is 17.7 Å². The van der Waals surface area contributed by atoms with E-state index in [-0.39, 0.29) is 10.9 Å². The normalized spacial score (nSPS) is 15.3. The van der Waals surface area contributed by atoms with Gasteiger partial charge in [0.15, 0.2) is 11.6 Å². The van der Waals surface area contributed by atoms with Gasteiger partial charge in [0, 0.05) is 56.5 Å². The minimum Gasteiger partial charge on any atom is -0.357 e. The van der Waals surface area contributed by atoms with Crippen molar-refractivity contribution < 1.29 is 14.0 Å². The van der Waals surface area contributed by atoms with Crippen LogP contribution in [0, 0.1) is 5.82 Å². The van der Waals surface area contributed by atoms with Gasteiger partial charge in [0.2, 0.25) is 0 Å². The molecule has 0 bridgehead atoms. The molecule has 186 valence electrons. The lowest BCUT2D eigenvalue weighted by Gasteiger charge is -2.35. The van der Waals surface area contributed by atoms with Gasteiger partial charge >= 0.3 is 0 Å². The van der Waals surface area contributed by atoms with Gasteiger partial charge in [-0.25, -0.2) is 19.4 Å². The van der Waals surface area contributed by atoms with Crippen molar-refractivity contribution in [1.82, 2.24) is 30.8 Å². The summed E-state index contributed by atoms with van der Waals surface area (Å²) in [6.07, 6.45) is 7.46.